The molecule has 0 amide bonds. The number of rotatable bonds is 6. The molecule has 2 aliphatic rings. The summed E-state index contributed by atoms with van der Waals surface area (Å²) in [7, 11) is 4.40. The van der Waals surface area contributed by atoms with E-state index in [1.165, 1.54) is 58.2 Å². The third-order valence-corrected chi connectivity index (χ3v) is 4.37. The van der Waals surface area contributed by atoms with Crippen molar-refractivity contribution in [2.24, 2.45) is 11.3 Å². The van der Waals surface area contributed by atoms with Crippen LogP contribution in [0.25, 0.3) is 0 Å². The molecular formula is C13H26N2. The van der Waals surface area contributed by atoms with Crippen LogP contribution in [0.5, 0.6) is 0 Å². The minimum absolute atomic E-state index is 0.618. The maximum atomic E-state index is 3.37. The van der Waals surface area contributed by atoms with Crippen molar-refractivity contribution in [3.8, 4) is 0 Å². The first kappa shape index (κ1) is 11.4. The number of nitrogens with one attached hydrogen (secondary N) is 1. The summed E-state index contributed by atoms with van der Waals surface area (Å²) in [6, 6.07) is 0. The molecule has 0 aromatic rings. The van der Waals surface area contributed by atoms with Crippen LogP contribution in [-0.2, 0) is 0 Å². The molecule has 0 radical (unpaired) electrons. The fourth-order valence-corrected chi connectivity index (χ4v) is 3.20. The van der Waals surface area contributed by atoms with Gasteiger partial charge in [-0.2, -0.15) is 0 Å². The molecule has 2 saturated carbocycles. The molecule has 2 nitrogen and oxygen atoms in total. The zero-order valence-electron chi connectivity index (χ0n) is 10.4. The Labute approximate surface area is 94.4 Å². The van der Waals surface area contributed by atoms with Crippen LogP contribution in [0, 0.1) is 11.3 Å². The van der Waals surface area contributed by atoms with Gasteiger partial charge in [-0.15, -0.1) is 0 Å². The molecule has 88 valence electrons. The molecule has 15 heavy (non-hydrogen) atoms. The first-order valence-corrected chi connectivity index (χ1v) is 6.57. The third kappa shape index (κ3) is 2.73. The van der Waals surface area contributed by atoms with Crippen molar-refractivity contribution in [1.82, 2.24) is 10.2 Å². The standard InChI is InChI=1S/C13H26N2/c1-14-10-13(7-4-8-13)11-15(2)9-12-5-3-6-12/h12,14H,3-11H2,1-2H3. The predicted molar refractivity (Wildman–Crippen MR) is 65.0 cm³/mol. The fourth-order valence-electron chi connectivity index (χ4n) is 3.20. The first-order chi connectivity index (χ1) is 7.24. The van der Waals surface area contributed by atoms with E-state index in [9.17, 15) is 0 Å². The van der Waals surface area contributed by atoms with E-state index in [2.05, 4.69) is 24.3 Å². The van der Waals surface area contributed by atoms with E-state index in [-0.39, 0.29) is 0 Å². The molecule has 2 rings (SSSR count). The molecule has 0 aromatic heterocycles. The molecule has 0 spiro atoms. The average Bonchev–Trinajstić information content (AvgIpc) is 2.08. The normalized spacial score (nSPS) is 25.0. The van der Waals surface area contributed by atoms with Gasteiger partial charge < -0.3 is 10.2 Å². The van der Waals surface area contributed by atoms with Gasteiger partial charge in [-0.05, 0) is 51.1 Å². The topological polar surface area (TPSA) is 15.3 Å². The van der Waals surface area contributed by atoms with Crippen LogP contribution in [0.3, 0.4) is 0 Å². The Bertz CT molecular complexity index is 195. The Morgan fingerprint density at radius 1 is 1.27 bits per heavy atom. The van der Waals surface area contributed by atoms with Gasteiger partial charge in [-0.1, -0.05) is 12.8 Å². The third-order valence-electron chi connectivity index (χ3n) is 4.37. The Morgan fingerprint density at radius 2 is 2.00 bits per heavy atom. The summed E-state index contributed by atoms with van der Waals surface area (Å²) in [5.41, 5.74) is 0.618. The van der Waals surface area contributed by atoms with Gasteiger partial charge >= 0.3 is 0 Å². The lowest BCUT2D eigenvalue weighted by molar-refractivity contribution is 0.0652. The van der Waals surface area contributed by atoms with Crippen molar-refractivity contribution >= 4 is 0 Å². The molecule has 0 aliphatic heterocycles. The highest BCUT2D eigenvalue weighted by atomic mass is 15.1. The quantitative estimate of drug-likeness (QED) is 0.722. The van der Waals surface area contributed by atoms with E-state index < -0.39 is 0 Å². The van der Waals surface area contributed by atoms with Gasteiger partial charge in [-0.3, -0.25) is 0 Å². The Balaban J connectivity index is 1.73. The largest absolute Gasteiger partial charge is 0.319 e. The van der Waals surface area contributed by atoms with Crippen LogP contribution in [0.1, 0.15) is 38.5 Å². The molecule has 0 atom stereocenters. The van der Waals surface area contributed by atoms with Gasteiger partial charge in [-0.25, -0.2) is 0 Å². The van der Waals surface area contributed by atoms with Crippen LogP contribution in [0.2, 0.25) is 0 Å². The fraction of sp³-hybridized carbons (Fsp3) is 1.00. The predicted octanol–water partition coefficient (Wildman–Crippen LogP) is 2.11. The van der Waals surface area contributed by atoms with Crippen LogP contribution in [-0.4, -0.2) is 38.6 Å². The van der Waals surface area contributed by atoms with Gasteiger partial charge in [0.1, 0.15) is 0 Å². The Hall–Kier alpha value is -0.0800. The number of nitrogens with zero attached hydrogens (tertiary/aromatic N) is 1. The lowest BCUT2D eigenvalue weighted by atomic mass is 9.68. The minimum atomic E-state index is 0.618. The molecule has 0 heterocycles. The van der Waals surface area contributed by atoms with Gasteiger partial charge in [0.05, 0.1) is 0 Å². The number of hydrogen-bond acceptors (Lipinski definition) is 2. The maximum Gasteiger partial charge on any atom is 0.00472 e. The molecule has 2 fully saturated rings. The zero-order chi connectivity index (χ0) is 10.7. The Kier molecular flexibility index (Phi) is 3.68. The second kappa shape index (κ2) is 4.84. The van der Waals surface area contributed by atoms with Crippen molar-refractivity contribution in [2.75, 3.05) is 33.7 Å². The lowest BCUT2D eigenvalue weighted by Gasteiger charge is -2.45. The summed E-state index contributed by atoms with van der Waals surface area (Å²) in [5, 5.41) is 3.37. The van der Waals surface area contributed by atoms with Crippen LogP contribution in [0.15, 0.2) is 0 Å². The summed E-state index contributed by atoms with van der Waals surface area (Å²) < 4.78 is 0. The molecule has 0 unspecified atom stereocenters. The van der Waals surface area contributed by atoms with E-state index in [0.717, 1.165) is 5.92 Å². The summed E-state index contributed by atoms with van der Waals surface area (Å²) in [4.78, 5) is 2.58. The minimum Gasteiger partial charge on any atom is -0.319 e. The second-order valence-electron chi connectivity index (χ2n) is 5.88. The molecule has 0 bridgehead atoms. The van der Waals surface area contributed by atoms with Crippen molar-refractivity contribution < 1.29 is 0 Å². The zero-order valence-corrected chi connectivity index (χ0v) is 10.4. The monoisotopic (exact) mass is 210 g/mol. The van der Waals surface area contributed by atoms with Crippen molar-refractivity contribution in [3.63, 3.8) is 0 Å². The highest BCUT2D eigenvalue weighted by Gasteiger charge is 2.37. The van der Waals surface area contributed by atoms with Gasteiger partial charge in [0.25, 0.3) is 0 Å². The lowest BCUT2D eigenvalue weighted by Crippen LogP contribution is -2.48. The summed E-state index contributed by atoms with van der Waals surface area (Å²) in [5.74, 6) is 1.02. The van der Waals surface area contributed by atoms with Crippen LogP contribution < -0.4 is 5.32 Å². The summed E-state index contributed by atoms with van der Waals surface area (Å²) in [6.07, 6.45) is 8.73. The summed E-state index contributed by atoms with van der Waals surface area (Å²) >= 11 is 0. The summed E-state index contributed by atoms with van der Waals surface area (Å²) in [6.45, 7) is 3.86. The SMILES string of the molecule is CNCC1(CN(C)CC2CCC2)CCC1. The van der Waals surface area contributed by atoms with Crippen LogP contribution >= 0.6 is 0 Å². The first-order valence-electron chi connectivity index (χ1n) is 6.57. The Morgan fingerprint density at radius 3 is 2.40 bits per heavy atom. The highest BCUT2D eigenvalue weighted by Crippen LogP contribution is 2.41. The van der Waals surface area contributed by atoms with E-state index in [1.807, 2.05) is 0 Å². The molecule has 1 N–H and O–H groups in total. The van der Waals surface area contributed by atoms with E-state index in [4.69, 9.17) is 0 Å². The maximum absolute atomic E-state index is 3.37. The molecule has 0 aromatic carbocycles. The second-order valence-corrected chi connectivity index (χ2v) is 5.88. The van der Waals surface area contributed by atoms with E-state index in [1.54, 1.807) is 0 Å². The smallest absolute Gasteiger partial charge is 0.00472 e. The van der Waals surface area contributed by atoms with Gasteiger partial charge in [0.15, 0.2) is 0 Å². The molecule has 2 aliphatic carbocycles. The van der Waals surface area contributed by atoms with Crippen molar-refractivity contribution in [2.45, 2.75) is 38.5 Å². The highest BCUT2D eigenvalue weighted by molar-refractivity contribution is 4.91. The molecule has 2 heteroatoms. The van der Waals surface area contributed by atoms with Crippen molar-refractivity contribution in [3.05, 3.63) is 0 Å². The average molecular weight is 210 g/mol. The molecular weight excluding hydrogens is 184 g/mol. The van der Waals surface area contributed by atoms with E-state index in [0.29, 0.717) is 5.41 Å². The van der Waals surface area contributed by atoms with E-state index >= 15 is 0 Å². The number of hydrogen-bond donors (Lipinski definition) is 1. The van der Waals surface area contributed by atoms with Gasteiger partial charge in [0.2, 0.25) is 0 Å². The molecule has 0 saturated heterocycles. The van der Waals surface area contributed by atoms with Gasteiger partial charge in [0, 0.05) is 19.6 Å². The van der Waals surface area contributed by atoms with Crippen LogP contribution in [0.4, 0.5) is 0 Å². The van der Waals surface area contributed by atoms with Crippen molar-refractivity contribution in [1.29, 1.82) is 0 Å².